The topological polar surface area (TPSA) is 72.1 Å². The molecule has 17 heavy (non-hydrogen) atoms. The van der Waals surface area contributed by atoms with Crippen LogP contribution in [0.15, 0.2) is 4.99 Å². The zero-order valence-electron chi connectivity index (χ0n) is 11.6. The van der Waals surface area contributed by atoms with Gasteiger partial charge >= 0.3 is 0 Å². The molecule has 0 aliphatic heterocycles. The first-order chi connectivity index (χ1) is 8.06. The number of nitrogens with zero attached hydrogens (tertiary/aromatic N) is 2. The SMILES string of the molecule is COCCN(C(=NC(C)C)NN)C(C)COC. The Morgan fingerprint density at radius 1 is 1.29 bits per heavy atom. The van der Waals surface area contributed by atoms with Crippen LogP contribution in [0.5, 0.6) is 0 Å². The van der Waals surface area contributed by atoms with Gasteiger partial charge in [0.1, 0.15) is 0 Å². The molecule has 1 atom stereocenters. The fourth-order valence-corrected chi connectivity index (χ4v) is 1.49. The van der Waals surface area contributed by atoms with Gasteiger partial charge in [0.2, 0.25) is 5.96 Å². The van der Waals surface area contributed by atoms with Crippen LogP contribution in [0.1, 0.15) is 20.8 Å². The molecule has 0 aliphatic carbocycles. The Kier molecular flexibility index (Phi) is 8.75. The van der Waals surface area contributed by atoms with E-state index < -0.39 is 0 Å². The molecule has 0 aromatic rings. The number of guanidine groups is 1. The van der Waals surface area contributed by atoms with Gasteiger partial charge in [-0.25, -0.2) is 10.8 Å². The van der Waals surface area contributed by atoms with Crippen molar-refractivity contribution in [1.29, 1.82) is 0 Å². The summed E-state index contributed by atoms with van der Waals surface area (Å²) in [5, 5.41) is 0. The Morgan fingerprint density at radius 2 is 1.94 bits per heavy atom. The van der Waals surface area contributed by atoms with Gasteiger partial charge in [0.25, 0.3) is 0 Å². The molecule has 0 saturated carbocycles. The molecule has 102 valence electrons. The van der Waals surface area contributed by atoms with E-state index in [2.05, 4.69) is 17.3 Å². The van der Waals surface area contributed by atoms with Crippen molar-refractivity contribution in [3.05, 3.63) is 0 Å². The normalized spacial score (nSPS) is 13.9. The molecule has 0 bridgehead atoms. The van der Waals surface area contributed by atoms with Gasteiger partial charge < -0.3 is 14.4 Å². The van der Waals surface area contributed by atoms with Crippen LogP contribution in [0.25, 0.3) is 0 Å². The van der Waals surface area contributed by atoms with E-state index in [1.807, 2.05) is 18.7 Å². The number of nitrogens with two attached hydrogens (primary N) is 1. The summed E-state index contributed by atoms with van der Waals surface area (Å²) >= 11 is 0. The molecule has 0 aromatic heterocycles. The summed E-state index contributed by atoms with van der Waals surface area (Å²) in [6.07, 6.45) is 0. The summed E-state index contributed by atoms with van der Waals surface area (Å²) in [5.41, 5.74) is 2.65. The van der Waals surface area contributed by atoms with E-state index in [0.717, 1.165) is 6.54 Å². The molecular weight excluding hydrogens is 220 g/mol. The van der Waals surface area contributed by atoms with E-state index in [1.165, 1.54) is 0 Å². The van der Waals surface area contributed by atoms with Crippen LogP contribution in [-0.4, -0.2) is 56.9 Å². The molecule has 0 aliphatic rings. The van der Waals surface area contributed by atoms with Gasteiger partial charge in [-0.2, -0.15) is 0 Å². The average molecular weight is 246 g/mol. The predicted octanol–water partition coefficient (Wildman–Crippen LogP) is 0.197. The summed E-state index contributed by atoms with van der Waals surface area (Å²) in [7, 11) is 3.36. The van der Waals surface area contributed by atoms with Crippen molar-refractivity contribution < 1.29 is 9.47 Å². The lowest BCUT2D eigenvalue weighted by Crippen LogP contribution is -2.51. The molecule has 1 unspecified atom stereocenters. The number of methoxy groups -OCH3 is 2. The summed E-state index contributed by atoms with van der Waals surface area (Å²) in [6.45, 7) is 8.03. The lowest BCUT2D eigenvalue weighted by atomic mass is 10.3. The summed E-state index contributed by atoms with van der Waals surface area (Å²) in [5.74, 6) is 6.19. The fourth-order valence-electron chi connectivity index (χ4n) is 1.49. The molecule has 0 aromatic carbocycles. The quantitative estimate of drug-likeness (QED) is 0.290. The largest absolute Gasteiger partial charge is 0.383 e. The second-order valence-corrected chi connectivity index (χ2v) is 4.18. The van der Waals surface area contributed by atoms with Crippen molar-refractivity contribution in [3.63, 3.8) is 0 Å². The standard InChI is InChI=1S/C11H26N4O2/c1-9(2)13-11(14-12)15(6-7-16-4)10(3)8-17-5/h9-10H,6-8,12H2,1-5H3,(H,13,14). The predicted molar refractivity (Wildman–Crippen MR) is 69.8 cm³/mol. The van der Waals surface area contributed by atoms with E-state index in [0.29, 0.717) is 19.2 Å². The monoisotopic (exact) mass is 246 g/mol. The van der Waals surface area contributed by atoms with Crippen molar-refractivity contribution in [3.8, 4) is 0 Å². The van der Waals surface area contributed by atoms with E-state index in [1.54, 1.807) is 14.2 Å². The Bertz CT molecular complexity index is 222. The molecule has 0 heterocycles. The number of hydrazine groups is 1. The highest BCUT2D eigenvalue weighted by Gasteiger charge is 2.17. The minimum Gasteiger partial charge on any atom is -0.383 e. The number of aliphatic imine (C=N–C) groups is 1. The van der Waals surface area contributed by atoms with Gasteiger partial charge in [-0.05, 0) is 20.8 Å². The Balaban J connectivity index is 4.72. The van der Waals surface area contributed by atoms with E-state index in [-0.39, 0.29) is 12.1 Å². The lowest BCUT2D eigenvalue weighted by molar-refractivity contribution is 0.111. The first-order valence-electron chi connectivity index (χ1n) is 5.85. The molecule has 6 heteroatoms. The van der Waals surface area contributed by atoms with Crippen LogP contribution in [-0.2, 0) is 9.47 Å². The second kappa shape index (κ2) is 9.21. The van der Waals surface area contributed by atoms with Crippen molar-refractivity contribution in [2.45, 2.75) is 32.9 Å². The lowest BCUT2D eigenvalue weighted by Gasteiger charge is -2.31. The van der Waals surface area contributed by atoms with Crippen molar-refractivity contribution in [1.82, 2.24) is 10.3 Å². The Morgan fingerprint density at radius 3 is 2.35 bits per heavy atom. The fraction of sp³-hybridized carbons (Fsp3) is 0.909. The second-order valence-electron chi connectivity index (χ2n) is 4.18. The minimum absolute atomic E-state index is 0.181. The number of ether oxygens (including phenoxy) is 2. The molecule has 0 spiro atoms. The third kappa shape index (κ3) is 6.45. The number of nitrogens with one attached hydrogen (secondary N) is 1. The smallest absolute Gasteiger partial charge is 0.209 e. The van der Waals surface area contributed by atoms with Crippen LogP contribution >= 0.6 is 0 Å². The van der Waals surface area contributed by atoms with Crippen LogP contribution in [0.2, 0.25) is 0 Å². The Hall–Kier alpha value is -0.850. The zero-order chi connectivity index (χ0) is 13.3. The minimum atomic E-state index is 0.181. The van der Waals surface area contributed by atoms with Crippen molar-refractivity contribution in [2.24, 2.45) is 10.8 Å². The molecule has 0 saturated heterocycles. The summed E-state index contributed by atoms with van der Waals surface area (Å²) in [6, 6.07) is 0.365. The molecule has 0 amide bonds. The van der Waals surface area contributed by atoms with E-state index >= 15 is 0 Å². The molecule has 0 rings (SSSR count). The third-order valence-corrected chi connectivity index (χ3v) is 2.26. The van der Waals surface area contributed by atoms with Crippen LogP contribution in [0, 0.1) is 0 Å². The maximum Gasteiger partial charge on any atom is 0.209 e. The van der Waals surface area contributed by atoms with Crippen molar-refractivity contribution in [2.75, 3.05) is 34.0 Å². The van der Waals surface area contributed by atoms with Crippen LogP contribution in [0.3, 0.4) is 0 Å². The number of hydrogen-bond acceptors (Lipinski definition) is 4. The maximum absolute atomic E-state index is 5.52. The molecule has 0 fully saturated rings. The maximum atomic E-state index is 5.52. The highest BCUT2D eigenvalue weighted by Crippen LogP contribution is 2.02. The van der Waals surface area contributed by atoms with E-state index in [4.69, 9.17) is 15.3 Å². The van der Waals surface area contributed by atoms with Gasteiger partial charge in [-0.1, -0.05) is 0 Å². The first-order valence-corrected chi connectivity index (χ1v) is 5.85. The number of hydrogen-bond donors (Lipinski definition) is 2. The van der Waals surface area contributed by atoms with Crippen LogP contribution < -0.4 is 11.3 Å². The van der Waals surface area contributed by atoms with Gasteiger partial charge in [0.05, 0.1) is 19.3 Å². The zero-order valence-corrected chi connectivity index (χ0v) is 11.6. The third-order valence-electron chi connectivity index (χ3n) is 2.26. The molecule has 0 radical (unpaired) electrons. The summed E-state index contributed by atoms with van der Waals surface area (Å²) in [4.78, 5) is 6.50. The Labute approximate surface area is 104 Å². The van der Waals surface area contributed by atoms with Gasteiger partial charge in [-0.15, -0.1) is 0 Å². The average Bonchev–Trinajstić information content (AvgIpc) is 2.27. The molecular formula is C11H26N4O2. The highest BCUT2D eigenvalue weighted by atomic mass is 16.5. The van der Waals surface area contributed by atoms with Gasteiger partial charge in [0.15, 0.2) is 0 Å². The van der Waals surface area contributed by atoms with Crippen LogP contribution in [0.4, 0.5) is 0 Å². The molecule has 6 nitrogen and oxygen atoms in total. The van der Waals surface area contributed by atoms with Gasteiger partial charge in [0, 0.05) is 26.8 Å². The van der Waals surface area contributed by atoms with Gasteiger partial charge in [-0.3, -0.25) is 5.43 Å². The van der Waals surface area contributed by atoms with E-state index in [9.17, 15) is 0 Å². The molecule has 3 N–H and O–H groups in total. The first kappa shape index (κ1) is 16.1. The number of rotatable bonds is 7. The van der Waals surface area contributed by atoms with Crippen molar-refractivity contribution >= 4 is 5.96 Å². The summed E-state index contributed by atoms with van der Waals surface area (Å²) < 4.78 is 10.3. The highest BCUT2D eigenvalue weighted by molar-refractivity contribution is 5.79.